The van der Waals surface area contributed by atoms with E-state index in [1.165, 1.54) is 4.88 Å². The molecule has 2 aromatic heterocycles. The first kappa shape index (κ1) is 15.2. The minimum Gasteiger partial charge on any atom is -0.423 e. The zero-order valence-corrected chi connectivity index (χ0v) is 14.1. The Hall–Kier alpha value is -2.34. The predicted octanol–water partition coefficient (Wildman–Crippen LogP) is 3.42. The number of nitrogens with one attached hydrogen (secondary N) is 1. The van der Waals surface area contributed by atoms with Gasteiger partial charge in [-0.05, 0) is 36.4 Å². The van der Waals surface area contributed by atoms with E-state index in [4.69, 9.17) is 4.42 Å². The van der Waals surface area contributed by atoms with Crippen molar-refractivity contribution < 1.29 is 9.21 Å². The second-order valence-corrected chi connectivity index (χ2v) is 7.08. The number of carbonyl (C=O) groups excluding carboxylic acids is 1. The van der Waals surface area contributed by atoms with E-state index < -0.39 is 0 Å². The van der Waals surface area contributed by atoms with Gasteiger partial charge >= 0.3 is 0 Å². The molecule has 0 radical (unpaired) electrons. The lowest BCUT2D eigenvalue weighted by molar-refractivity contribution is -0.125. The molecule has 1 atom stereocenters. The van der Waals surface area contributed by atoms with Gasteiger partial charge in [0.05, 0.1) is 12.5 Å². The molecule has 1 N–H and O–H groups in total. The Balaban J connectivity index is 1.42. The van der Waals surface area contributed by atoms with Crippen LogP contribution in [-0.2, 0) is 11.3 Å². The van der Waals surface area contributed by atoms with Crippen LogP contribution in [0.1, 0.15) is 17.7 Å². The highest BCUT2D eigenvalue weighted by Crippen LogP contribution is 2.26. The Labute approximate surface area is 144 Å². The molecule has 1 saturated heterocycles. The smallest absolute Gasteiger partial charge is 0.298 e. The Morgan fingerprint density at radius 1 is 1.33 bits per heavy atom. The van der Waals surface area contributed by atoms with E-state index in [1.807, 2.05) is 41.8 Å². The number of para-hydroxylation sites is 2. The third-order valence-electron chi connectivity index (χ3n) is 4.36. The molecule has 1 aromatic carbocycles. The highest BCUT2D eigenvalue weighted by Gasteiger charge is 2.28. The second kappa shape index (κ2) is 6.65. The molecule has 6 heteroatoms. The van der Waals surface area contributed by atoms with Crippen molar-refractivity contribution in [3.63, 3.8) is 0 Å². The number of hydrogen-bond donors (Lipinski definition) is 1. The zero-order chi connectivity index (χ0) is 16.4. The van der Waals surface area contributed by atoms with Crippen molar-refractivity contribution in [2.45, 2.75) is 19.4 Å². The van der Waals surface area contributed by atoms with E-state index in [1.54, 1.807) is 11.3 Å². The maximum Gasteiger partial charge on any atom is 0.298 e. The summed E-state index contributed by atoms with van der Waals surface area (Å²) in [5.41, 5.74) is 1.65. The maximum atomic E-state index is 12.5. The van der Waals surface area contributed by atoms with Gasteiger partial charge in [0.25, 0.3) is 6.01 Å². The van der Waals surface area contributed by atoms with E-state index in [-0.39, 0.29) is 11.8 Å². The standard InChI is InChI=1S/C18H19N3O2S/c22-17(19-11-14-6-4-10-24-14)13-5-3-9-21(12-13)18-20-15-7-1-2-8-16(15)23-18/h1-2,4,6-8,10,13H,3,5,9,11-12H2,(H,19,22)/t13-/m0/s1. The SMILES string of the molecule is O=C(NCc1cccs1)[C@H]1CCCN(c2nc3ccccc3o2)C1. The summed E-state index contributed by atoms with van der Waals surface area (Å²) in [6.45, 7) is 2.14. The Morgan fingerprint density at radius 3 is 3.08 bits per heavy atom. The number of carbonyl (C=O) groups is 1. The van der Waals surface area contributed by atoms with Gasteiger partial charge in [-0.2, -0.15) is 4.98 Å². The van der Waals surface area contributed by atoms with Gasteiger partial charge in [-0.3, -0.25) is 4.79 Å². The molecule has 5 nitrogen and oxygen atoms in total. The number of piperidine rings is 1. The molecular weight excluding hydrogens is 322 g/mol. The fraction of sp³-hybridized carbons (Fsp3) is 0.333. The molecule has 0 aliphatic carbocycles. The second-order valence-electron chi connectivity index (χ2n) is 6.05. The average molecular weight is 341 g/mol. The van der Waals surface area contributed by atoms with E-state index in [0.717, 1.165) is 30.5 Å². The van der Waals surface area contributed by atoms with Crippen LogP contribution in [0.4, 0.5) is 6.01 Å². The molecule has 1 aliphatic heterocycles. The molecule has 0 unspecified atom stereocenters. The number of anilines is 1. The van der Waals surface area contributed by atoms with Gasteiger partial charge in [0.15, 0.2) is 5.58 Å². The number of benzene rings is 1. The first-order valence-electron chi connectivity index (χ1n) is 8.20. The third-order valence-corrected chi connectivity index (χ3v) is 5.24. The van der Waals surface area contributed by atoms with Gasteiger partial charge in [-0.1, -0.05) is 18.2 Å². The number of amides is 1. The van der Waals surface area contributed by atoms with Crippen molar-refractivity contribution in [1.29, 1.82) is 0 Å². The fourth-order valence-corrected chi connectivity index (χ4v) is 3.74. The summed E-state index contributed by atoms with van der Waals surface area (Å²) in [7, 11) is 0. The summed E-state index contributed by atoms with van der Waals surface area (Å²) in [6, 6.07) is 12.4. The maximum absolute atomic E-state index is 12.5. The summed E-state index contributed by atoms with van der Waals surface area (Å²) in [6.07, 6.45) is 1.88. The van der Waals surface area contributed by atoms with Gasteiger partial charge in [0.1, 0.15) is 5.52 Å². The number of nitrogens with zero attached hydrogens (tertiary/aromatic N) is 2. The van der Waals surface area contributed by atoms with Gasteiger partial charge in [-0.15, -0.1) is 11.3 Å². The van der Waals surface area contributed by atoms with Crippen LogP contribution in [0.3, 0.4) is 0 Å². The quantitative estimate of drug-likeness (QED) is 0.790. The molecule has 24 heavy (non-hydrogen) atoms. The molecule has 1 fully saturated rings. The monoisotopic (exact) mass is 341 g/mol. The fourth-order valence-electron chi connectivity index (χ4n) is 3.09. The molecule has 1 aliphatic rings. The highest BCUT2D eigenvalue weighted by atomic mass is 32.1. The Kier molecular flexibility index (Phi) is 4.21. The normalized spacial score (nSPS) is 18.0. The van der Waals surface area contributed by atoms with E-state index in [9.17, 15) is 4.79 Å². The van der Waals surface area contributed by atoms with Crippen molar-refractivity contribution in [2.24, 2.45) is 5.92 Å². The molecule has 3 heterocycles. The number of oxazole rings is 1. The lowest BCUT2D eigenvalue weighted by Crippen LogP contribution is -2.43. The molecule has 0 bridgehead atoms. The van der Waals surface area contributed by atoms with Crippen LogP contribution in [-0.4, -0.2) is 24.0 Å². The largest absolute Gasteiger partial charge is 0.423 e. The van der Waals surface area contributed by atoms with Crippen LogP contribution in [0, 0.1) is 5.92 Å². The highest BCUT2D eigenvalue weighted by molar-refractivity contribution is 7.09. The Morgan fingerprint density at radius 2 is 2.25 bits per heavy atom. The number of aromatic nitrogens is 1. The van der Waals surface area contributed by atoms with E-state index in [0.29, 0.717) is 19.1 Å². The Bertz CT molecular complexity index is 795. The number of hydrogen-bond acceptors (Lipinski definition) is 5. The number of thiophene rings is 1. The summed E-state index contributed by atoms with van der Waals surface area (Å²) in [5, 5.41) is 5.07. The minimum atomic E-state index is -0.0197. The topological polar surface area (TPSA) is 58.4 Å². The molecule has 124 valence electrons. The number of rotatable bonds is 4. The van der Waals surface area contributed by atoms with Crippen LogP contribution in [0.5, 0.6) is 0 Å². The van der Waals surface area contributed by atoms with Crippen LogP contribution >= 0.6 is 11.3 Å². The van der Waals surface area contributed by atoms with Crippen molar-refractivity contribution >= 4 is 34.4 Å². The minimum absolute atomic E-state index is 0.0197. The summed E-state index contributed by atoms with van der Waals surface area (Å²) in [5.74, 6) is 0.0953. The van der Waals surface area contributed by atoms with Crippen molar-refractivity contribution in [2.75, 3.05) is 18.0 Å². The first-order chi connectivity index (χ1) is 11.8. The third kappa shape index (κ3) is 3.14. The molecule has 0 spiro atoms. The van der Waals surface area contributed by atoms with Crippen LogP contribution < -0.4 is 10.2 Å². The van der Waals surface area contributed by atoms with Gasteiger partial charge < -0.3 is 14.6 Å². The van der Waals surface area contributed by atoms with Gasteiger partial charge in [-0.25, -0.2) is 0 Å². The van der Waals surface area contributed by atoms with Crippen molar-refractivity contribution in [3.8, 4) is 0 Å². The van der Waals surface area contributed by atoms with Crippen LogP contribution in [0.2, 0.25) is 0 Å². The zero-order valence-electron chi connectivity index (χ0n) is 13.3. The summed E-state index contributed by atoms with van der Waals surface area (Å²) >= 11 is 1.66. The lowest BCUT2D eigenvalue weighted by atomic mass is 9.97. The summed E-state index contributed by atoms with van der Waals surface area (Å²) in [4.78, 5) is 20.3. The first-order valence-corrected chi connectivity index (χ1v) is 9.08. The molecule has 1 amide bonds. The molecule has 4 rings (SSSR count). The summed E-state index contributed by atoms with van der Waals surface area (Å²) < 4.78 is 5.84. The molecule has 0 saturated carbocycles. The number of fused-ring (bicyclic) bond motifs is 1. The van der Waals surface area contributed by atoms with E-state index >= 15 is 0 Å². The molecule has 3 aromatic rings. The lowest BCUT2D eigenvalue weighted by Gasteiger charge is -2.30. The van der Waals surface area contributed by atoms with Gasteiger partial charge in [0.2, 0.25) is 5.91 Å². The molecular formula is C18H19N3O2S. The van der Waals surface area contributed by atoms with Gasteiger partial charge in [0, 0.05) is 18.0 Å². The van der Waals surface area contributed by atoms with E-state index in [2.05, 4.69) is 15.2 Å². The van der Waals surface area contributed by atoms with Crippen LogP contribution in [0.15, 0.2) is 46.2 Å². The predicted molar refractivity (Wildman–Crippen MR) is 95.1 cm³/mol. The van der Waals surface area contributed by atoms with Crippen LogP contribution in [0.25, 0.3) is 11.1 Å². The van der Waals surface area contributed by atoms with Crippen molar-refractivity contribution in [3.05, 3.63) is 46.7 Å². The van der Waals surface area contributed by atoms with Crippen molar-refractivity contribution in [1.82, 2.24) is 10.3 Å². The average Bonchev–Trinajstić information content (AvgIpc) is 3.29.